The van der Waals surface area contributed by atoms with Crippen molar-refractivity contribution in [2.75, 3.05) is 0 Å². The highest BCUT2D eigenvalue weighted by molar-refractivity contribution is 5.13. The van der Waals surface area contributed by atoms with Crippen LogP contribution < -0.4 is 0 Å². The predicted molar refractivity (Wildman–Crippen MR) is 51.2 cm³/mol. The fourth-order valence-electron chi connectivity index (χ4n) is 0.625. The van der Waals surface area contributed by atoms with E-state index < -0.39 is 0 Å². The normalized spacial score (nSPS) is 12.5. The molecule has 0 aromatic carbocycles. The molecule has 0 radical (unpaired) electrons. The summed E-state index contributed by atoms with van der Waals surface area (Å²) in [5.74, 6) is 2.71. The van der Waals surface area contributed by atoms with Crippen LogP contribution in [0.5, 0.6) is 0 Å². The van der Waals surface area contributed by atoms with Gasteiger partial charge in [-0.3, -0.25) is 0 Å². The van der Waals surface area contributed by atoms with Gasteiger partial charge in [0.2, 0.25) is 0 Å². The Morgan fingerprint density at radius 1 is 1.36 bits per heavy atom. The van der Waals surface area contributed by atoms with Crippen molar-refractivity contribution in [3.05, 3.63) is 24.3 Å². The fraction of sp³-hybridized carbons (Fsp3) is 0.455. The molecule has 0 fully saturated rings. The van der Waals surface area contributed by atoms with Gasteiger partial charge in [0, 0.05) is 5.41 Å². The number of terminal acetylenes is 1. The molecule has 0 spiro atoms. The van der Waals surface area contributed by atoms with E-state index in [4.69, 9.17) is 6.42 Å². The molecule has 0 aliphatic rings. The molecule has 0 rings (SSSR count). The van der Waals surface area contributed by atoms with Gasteiger partial charge in [0.1, 0.15) is 0 Å². The highest BCUT2D eigenvalue weighted by Gasteiger charge is 2.06. The van der Waals surface area contributed by atoms with Crippen LogP contribution in [0.15, 0.2) is 24.3 Å². The molecule has 0 aromatic rings. The molecule has 0 aliphatic carbocycles. The summed E-state index contributed by atoms with van der Waals surface area (Å²) >= 11 is 0. The Morgan fingerprint density at radius 3 is 2.45 bits per heavy atom. The second-order valence-corrected chi connectivity index (χ2v) is 3.07. The average Bonchev–Trinajstić information content (AvgIpc) is 1.99. The van der Waals surface area contributed by atoms with E-state index in [1.807, 2.05) is 26.8 Å². The van der Waals surface area contributed by atoms with Crippen LogP contribution in [0.1, 0.15) is 27.2 Å². The zero-order valence-electron chi connectivity index (χ0n) is 7.59. The van der Waals surface area contributed by atoms with Gasteiger partial charge in [0.15, 0.2) is 0 Å². The van der Waals surface area contributed by atoms with Gasteiger partial charge in [-0.25, -0.2) is 0 Å². The first-order valence-electron chi connectivity index (χ1n) is 3.89. The minimum absolute atomic E-state index is 0.0957. The fourth-order valence-corrected chi connectivity index (χ4v) is 0.625. The standard InChI is InChI=1S/C11H16/c1-5-7-8-9-10-11(3,4)6-2/h2,5,7,9-10H,8H2,1,3-4H3. The monoisotopic (exact) mass is 148 g/mol. The van der Waals surface area contributed by atoms with Gasteiger partial charge in [-0.1, -0.05) is 30.2 Å². The molecule has 0 atom stereocenters. The first kappa shape index (κ1) is 10.0. The van der Waals surface area contributed by atoms with Crippen LogP contribution in [0.3, 0.4) is 0 Å². The zero-order valence-corrected chi connectivity index (χ0v) is 7.59. The van der Waals surface area contributed by atoms with Gasteiger partial charge in [-0.15, -0.1) is 6.42 Å². The lowest BCUT2D eigenvalue weighted by Crippen LogP contribution is -2.01. The molecule has 0 aliphatic heterocycles. The minimum Gasteiger partial charge on any atom is -0.119 e. The van der Waals surface area contributed by atoms with Crippen LogP contribution in [-0.4, -0.2) is 0 Å². The summed E-state index contributed by atoms with van der Waals surface area (Å²) in [6.45, 7) is 6.07. The lowest BCUT2D eigenvalue weighted by Gasteiger charge is -2.09. The van der Waals surface area contributed by atoms with Crippen LogP contribution in [0, 0.1) is 17.8 Å². The van der Waals surface area contributed by atoms with Crippen molar-refractivity contribution in [1.82, 2.24) is 0 Å². The van der Waals surface area contributed by atoms with E-state index in [-0.39, 0.29) is 5.41 Å². The van der Waals surface area contributed by atoms with Gasteiger partial charge >= 0.3 is 0 Å². The molecule has 0 bridgehead atoms. The third kappa shape index (κ3) is 5.48. The Bertz CT molecular complexity index is 187. The lowest BCUT2D eigenvalue weighted by atomic mass is 9.94. The average molecular weight is 148 g/mol. The van der Waals surface area contributed by atoms with E-state index in [1.165, 1.54) is 0 Å². The third-order valence-corrected chi connectivity index (χ3v) is 1.41. The van der Waals surface area contributed by atoms with Gasteiger partial charge in [0.25, 0.3) is 0 Å². The maximum Gasteiger partial charge on any atom is 0.0434 e. The topological polar surface area (TPSA) is 0 Å². The van der Waals surface area contributed by atoms with Crippen molar-refractivity contribution >= 4 is 0 Å². The number of hydrogen-bond acceptors (Lipinski definition) is 0. The molecule has 0 nitrogen and oxygen atoms in total. The third-order valence-electron chi connectivity index (χ3n) is 1.41. The van der Waals surface area contributed by atoms with Gasteiger partial charge in [0.05, 0.1) is 0 Å². The summed E-state index contributed by atoms with van der Waals surface area (Å²) in [6, 6.07) is 0. The van der Waals surface area contributed by atoms with Gasteiger partial charge in [-0.2, -0.15) is 0 Å². The second-order valence-electron chi connectivity index (χ2n) is 3.07. The first-order valence-corrected chi connectivity index (χ1v) is 3.89. The van der Waals surface area contributed by atoms with Crippen LogP contribution >= 0.6 is 0 Å². The maximum absolute atomic E-state index is 5.30. The molecule has 0 unspecified atom stereocenters. The van der Waals surface area contributed by atoms with Crippen molar-refractivity contribution < 1.29 is 0 Å². The van der Waals surface area contributed by atoms with Crippen molar-refractivity contribution in [2.24, 2.45) is 5.41 Å². The van der Waals surface area contributed by atoms with E-state index in [0.29, 0.717) is 0 Å². The van der Waals surface area contributed by atoms with Crippen LogP contribution in [0.25, 0.3) is 0 Å². The Kier molecular flexibility index (Phi) is 4.38. The van der Waals surface area contributed by atoms with E-state index in [1.54, 1.807) is 0 Å². The smallest absolute Gasteiger partial charge is 0.0434 e. The zero-order chi connectivity index (χ0) is 8.74. The van der Waals surface area contributed by atoms with E-state index >= 15 is 0 Å². The van der Waals surface area contributed by atoms with Crippen molar-refractivity contribution in [3.63, 3.8) is 0 Å². The van der Waals surface area contributed by atoms with E-state index in [0.717, 1.165) is 6.42 Å². The Morgan fingerprint density at radius 2 is 2.00 bits per heavy atom. The van der Waals surface area contributed by atoms with Crippen LogP contribution in [0.4, 0.5) is 0 Å². The highest BCUT2D eigenvalue weighted by atomic mass is 14.1. The number of hydrogen-bond donors (Lipinski definition) is 0. The van der Waals surface area contributed by atoms with E-state index in [2.05, 4.69) is 24.1 Å². The molecule has 11 heavy (non-hydrogen) atoms. The molecular weight excluding hydrogens is 132 g/mol. The van der Waals surface area contributed by atoms with Gasteiger partial charge in [-0.05, 0) is 27.2 Å². The molecule has 0 N–H and O–H groups in total. The molecule has 60 valence electrons. The molecule has 0 aromatic heterocycles. The number of rotatable bonds is 3. The maximum atomic E-state index is 5.30. The van der Waals surface area contributed by atoms with E-state index in [9.17, 15) is 0 Å². The highest BCUT2D eigenvalue weighted by Crippen LogP contribution is 2.14. The number of allylic oxidation sites excluding steroid dienone is 4. The quantitative estimate of drug-likeness (QED) is 0.426. The van der Waals surface area contributed by atoms with Crippen molar-refractivity contribution in [2.45, 2.75) is 27.2 Å². The summed E-state index contributed by atoms with van der Waals surface area (Å²) in [5.41, 5.74) is -0.0957. The largest absolute Gasteiger partial charge is 0.119 e. The van der Waals surface area contributed by atoms with Gasteiger partial charge < -0.3 is 0 Å². The van der Waals surface area contributed by atoms with Crippen molar-refractivity contribution in [1.29, 1.82) is 0 Å². The Hall–Kier alpha value is -0.960. The summed E-state index contributed by atoms with van der Waals surface area (Å²) in [6.07, 6.45) is 14.6. The molecule has 0 saturated heterocycles. The van der Waals surface area contributed by atoms with Crippen LogP contribution in [0.2, 0.25) is 0 Å². The SMILES string of the molecule is C#CC(C)(C)C=CCC=CC. The minimum atomic E-state index is -0.0957. The Balaban J connectivity index is 3.85. The molecular formula is C11H16. The summed E-state index contributed by atoms with van der Waals surface area (Å²) < 4.78 is 0. The lowest BCUT2D eigenvalue weighted by molar-refractivity contribution is 0.654. The Labute approximate surface area is 70.0 Å². The summed E-state index contributed by atoms with van der Waals surface area (Å²) in [4.78, 5) is 0. The van der Waals surface area contributed by atoms with Crippen molar-refractivity contribution in [3.8, 4) is 12.3 Å². The molecule has 0 heteroatoms. The molecule has 0 amide bonds. The predicted octanol–water partition coefficient (Wildman–Crippen LogP) is 3.17. The summed E-state index contributed by atoms with van der Waals surface area (Å²) in [7, 11) is 0. The molecule has 0 saturated carbocycles. The molecule has 0 heterocycles. The second kappa shape index (κ2) is 4.79. The first-order chi connectivity index (χ1) is 5.12. The van der Waals surface area contributed by atoms with Crippen LogP contribution in [-0.2, 0) is 0 Å². The summed E-state index contributed by atoms with van der Waals surface area (Å²) in [5, 5.41) is 0.